The maximum atomic E-state index is 14.9. The van der Waals surface area contributed by atoms with E-state index in [0.29, 0.717) is 50.3 Å². The maximum Gasteiger partial charge on any atom is 0.177 e. The van der Waals surface area contributed by atoms with E-state index in [-0.39, 0.29) is 65.2 Å². The number of nitrogens with one attached hydrogen (secondary N) is 1. The number of methoxy groups -OCH3 is 1. The van der Waals surface area contributed by atoms with E-state index >= 15 is 0 Å². The Kier molecular flexibility index (Phi) is 15.7. The van der Waals surface area contributed by atoms with Gasteiger partial charge in [0, 0.05) is 37.5 Å². The Morgan fingerprint density at radius 2 is 1.78 bits per heavy atom. The summed E-state index contributed by atoms with van der Waals surface area (Å²) in [6, 6.07) is 17.8. The molecular formula is C54H69N4O6+. The summed E-state index contributed by atoms with van der Waals surface area (Å²) in [5.74, 6) is 8.13. The zero-order valence-electron chi connectivity index (χ0n) is 38.3. The molecule has 4 aliphatic rings. The minimum atomic E-state index is -0.692. The number of carbonyl (C=O) groups is 2. The summed E-state index contributed by atoms with van der Waals surface area (Å²) in [7, 11) is 1.52. The average molecular weight is 870 g/mol. The van der Waals surface area contributed by atoms with Gasteiger partial charge in [-0.05, 0) is 128 Å². The molecule has 2 aromatic carbocycles. The highest BCUT2D eigenvalue weighted by Crippen LogP contribution is 2.55. The lowest BCUT2D eigenvalue weighted by molar-refractivity contribution is -0.130. The minimum absolute atomic E-state index is 0.0144. The highest BCUT2D eigenvalue weighted by Gasteiger charge is 2.49. The van der Waals surface area contributed by atoms with Crippen LogP contribution in [0.3, 0.4) is 0 Å². The standard InChI is InChI=1S/C54H68N4O6/c1-5-11-46(49(61)28-43-24-40(33-58-43)34(2)31-56-32-35(3)59)39-23-42(54(19-9-10-20-54)41-18-21-57-53(55)27-41)22-37-15-17-45(36-12-7-6-8-13-36)47-30-51(63)52(64-4)26-38(47)14-16-44(60)29-50(62)48(37)25-39/h6-8,12-13,18,21,24,26-27,30,33-35,37,39,42,45-46,48-49,56,59,61H,5,9-11,14,16,19-20,22-23,25,28-29,31-32H2,1-4H3,(H2-,55,57,63)/p+1/t34-,35+,37-,39+,42-,45-,46+,48-,49-/m1/s1. The van der Waals surface area contributed by atoms with Crippen molar-refractivity contribution in [3.05, 3.63) is 101 Å². The summed E-state index contributed by atoms with van der Waals surface area (Å²) >= 11 is 0. The summed E-state index contributed by atoms with van der Waals surface area (Å²) in [4.78, 5) is 38.0. The van der Waals surface area contributed by atoms with Gasteiger partial charge >= 0.3 is 0 Å². The van der Waals surface area contributed by atoms with Crippen LogP contribution in [0.4, 0.5) is 5.82 Å². The first-order valence-electron chi connectivity index (χ1n) is 23.8. The average Bonchev–Trinajstić information content (AvgIpc) is 3.93. The number of pyridine rings is 1. The number of ether oxygens (including phenoxy) is 1. The molecule has 0 amide bonds. The molecule has 2 fully saturated rings. The molecule has 340 valence electrons. The molecule has 6 N–H and O–H groups in total. The van der Waals surface area contributed by atoms with Gasteiger partial charge in [0.25, 0.3) is 0 Å². The van der Waals surface area contributed by atoms with Crippen LogP contribution in [0, 0.1) is 53.3 Å². The number of aromatic nitrogens is 1. The lowest BCUT2D eigenvalue weighted by Crippen LogP contribution is -2.36. The first-order chi connectivity index (χ1) is 30.9. The van der Waals surface area contributed by atoms with Crippen molar-refractivity contribution in [2.75, 3.05) is 25.9 Å². The van der Waals surface area contributed by atoms with Crippen LogP contribution in [0.5, 0.6) is 11.5 Å². The van der Waals surface area contributed by atoms with Gasteiger partial charge in [-0.1, -0.05) is 68.4 Å². The van der Waals surface area contributed by atoms with E-state index < -0.39 is 24.0 Å². The predicted octanol–water partition coefficient (Wildman–Crippen LogP) is 8.47. The van der Waals surface area contributed by atoms with E-state index in [1.165, 1.54) is 12.7 Å². The third kappa shape index (κ3) is 10.9. The molecule has 3 aromatic rings. The van der Waals surface area contributed by atoms with Gasteiger partial charge in [0.15, 0.2) is 17.2 Å². The van der Waals surface area contributed by atoms with Crippen LogP contribution in [0.15, 0.2) is 77.6 Å². The number of aryl methyl sites for hydroxylation is 1. The van der Waals surface area contributed by atoms with Crippen LogP contribution in [0.25, 0.3) is 0 Å². The van der Waals surface area contributed by atoms with Crippen molar-refractivity contribution in [3.63, 3.8) is 0 Å². The maximum absolute atomic E-state index is 14.9. The molecule has 3 aliphatic carbocycles. The van der Waals surface area contributed by atoms with Crippen molar-refractivity contribution in [3.8, 4) is 23.3 Å². The number of ketones is 2. The molecule has 0 radical (unpaired) electrons. The Bertz CT molecular complexity index is 2200. The largest absolute Gasteiger partial charge is 0.504 e. The van der Waals surface area contributed by atoms with Crippen molar-refractivity contribution in [2.45, 2.75) is 128 Å². The fraction of sp³-hybridized carbons (Fsp3) is 0.537. The van der Waals surface area contributed by atoms with Crippen LogP contribution in [0.1, 0.15) is 126 Å². The highest BCUT2D eigenvalue weighted by molar-refractivity contribution is 6.00. The minimum Gasteiger partial charge on any atom is -0.504 e. The summed E-state index contributed by atoms with van der Waals surface area (Å²) in [5.41, 5.74) is 10.9. The van der Waals surface area contributed by atoms with E-state index in [4.69, 9.17) is 15.5 Å². The van der Waals surface area contributed by atoms with Gasteiger partial charge in [0.2, 0.25) is 0 Å². The molecule has 10 nitrogen and oxygen atoms in total. The van der Waals surface area contributed by atoms with E-state index in [1.807, 2.05) is 54.9 Å². The number of hydrogen-bond donors (Lipinski definition) is 5. The van der Waals surface area contributed by atoms with Gasteiger partial charge < -0.3 is 31.1 Å². The van der Waals surface area contributed by atoms with Gasteiger partial charge in [0.05, 0.1) is 44.0 Å². The molecule has 10 heteroatoms. The molecule has 64 heavy (non-hydrogen) atoms. The lowest BCUT2D eigenvalue weighted by atomic mass is 9.63. The van der Waals surface area contributed by atoms with Gasteiger partial charge in [0.1, 0.15) is 35.6 Å². The fourth-order valence-electron chi connectivity index (χ4n) is 11.5. The number of benzene rings is 2. The first-order valence-corrected chi connectivity index (χ1v) is 23.8. The normalized spacial score (nSPS) is 25.3. The number of nitrogens with two attached hydrogens (primary N) is 1. The van der Waals surface area contributed by atoms with Crippen molar-refractivity contribution < 1.29 is 29.6 Å². The number of nitrogen functional groups attached to an aromatic ring is 1. The molecule has 2 heterocycles. The van der Waals surface area contributed by atoms with Crippen molar-refractivity contribution >= 4 is 23.6 Å². The molecule has 0 saturated heterocycles. The highest BCUT2D eigenvalue weighted by atomic mass is 16.5. The SMILES string of the molecule is CCC[C@@H]([C@H]1C[C@H](C2(c3ccnc(N)c3)CCCC2)C[C@H]2C#C[C@H](c3ccccc3)c3cc(O)c(OC)cc3CCC(=O)CC(=O)[C@@H]2C1)[C@H](O)CC1=C[C+]([C@H](C)CNC[C@H](C)O)C=N1. The van der Waals surface area contributed by atoms with Gasteiger partial charge in [-0.15, -0.1) is 4.99 Å². The van der Waals surface area contributed by atoms with E-state index in [2.05, 4.69) is 48.1 Å². The summed E-state index contributed by atoms with van der Waals surface area (Å²) in [6.45, 7) is 7.30. The van der Waals surface area contributed by atoms with Crippen LogP contribution < -0.4 is 15.8 Å². The van der Waals surface area contributed by atoms with Gasteiger partial charge in [-0.3, -0.25) is 9.59 Å². The molecule has 0 spiro atoms. The topological polar surface area (TPSA) is 167 Å². The Morgan fingerprint density at radius 3 is 2.50 bits per heavy atom. The number of aromatic hydroxyl groups is 1. The third-order valence-corrected chi connectivity index (χ3v) is 14.9. The number of Topliss-reactive ketones (excluding diaryl/α,β-unsaturated/α-hetero) is 2. The number of fused-ring (bicyclic) bond motifs is 2. The molecule has 7 rings (SSSR count). The number of rotatable bonds is 15. The smallest absolute Gasteiger partial charge is 0.177 e. The van der Waals surface area contributed by atoms with Crippen molar-refractivity contribution in [1.29, 1.82) is 0 Å². The number of nitrogens with zero attached hydrogens (tertiary/aromatic N) is 2. The Balaban J connectivity index is 1.31. The number of aliphatic hydroxyl groups excluding tert-OH is 2. The molecule has 0 bridgehead atoms. The molecule has 1 aromatic heterocycles. The number of hydrogen-bond acceptors (Lipinski definition) is 10. The molecular weight excluding hydrogens is 801 g/mol. The first kappa shape index (κ1) is 47.0. The summed E-state index contributed by atoms with van der Waals surface area (Å²) < 4.78 is 5.53. The predicted molar refractivity (Wildman–Crippen MR) is 253 cm³/mol. The van der Waals surface area contributed by atoms with Gasteiger partial charge in [-0.2, -0.15) is 0 Å². The summed E-state index contributed by atoms with van der Waals surface area (Å²) in [5, 5.41) is 36.6. The van der Waals surface area contributed by atoms with Gasteiger partial charge in [-0.25, -0.2) is 4.98 Å². The lowest BCUT2D eigenvalue weighted by Gasteiger charge is -2.41. The molecule has 2 saturated carbocycles. The second-order valence-electron chi connectivity index (χ2n) is 19.3. The molecule has 1 aliphatic heterocycles. The summed E-state index contributed by atoms with van der Waals surface area (Å²) in [6.07, 6.45) is 13.3. The van der Waals surface area contributed by atoms with E-state index in [0.717, 1.165) is 73.3 Å². The molecule has 9 atom stereocenters. The quantitative estimate of drug-likeness (QED) is 0.0572. The number of aliphatic hydroxyl groups is 2. The number of carbonyl (C=O) groups excluding carboxylic acids is 2. The number of anilines is 1. The zero-order chi connectivity index (χ0) is 45.4. The zero-order valence-corrected chi connectivity index (χ0v) is 38.3. The molecule has 0 unspecified atom stereocenters. The van der Waals surface area contributed by atoms with E-state index in [9.17, 15) is 24.9 Å². The number of phenolic OH excluding ortho intramolecular Hbond substituents is 1. The second kappa shape index (κ2) is 21.4. The third-order valence-electron chi connectivity index (χ3n) is 14.9. The number of phenols is 1. The van der Waals surface area contributed by atoms with Crippen LogP contribution >= 0.6 is 0 Å². The number of allylic oxidation sites excluding steroid dienone is 1. The fourth-order valence-corrected chi connectivity index (χ4v) is 11.5. The van der Waals surface area contributed by atoms with Crippen LogP contribution in [0.2, 0.25) is 0 Å². The van der Waals surface area contributed by atoms with Crippen LogP contribution in [-0.2, 0) is 21.4 Å². The van der Waals surface area contributed by atoms with Crippen LogP contribution in [-0.4, -0.2) is 70.5 Å². The second-order valence-corrected chi connectivity index (χ2v) is 19.3. The van der Waals surface area contributed by atoms with Crippen molar-refractivity contribution in [2.24, 2.45) is 40.5 Å². The Morgan fingerprint density at radius 1 is 1.00 bits per heavy atom. The number of aliphatic imine (C=N–C) groups is 1. The monoisotopic (exact) mass is 870 g/mol. The Labute approximate surface area is 380 Å². The van der Waals surface area contributed by atoms with E-state index in [1.54, 1.807) is 13.0 Å². The van der Waals surface area contributed by atoms with Crippen molar-refractivity contribution in [1.82, 2.24) is 10.3 Å². The Hall–Kier alpha value is -4.95.